The summed E-state index contributed by atoms with van der Waals surface area (Å²) in [5.74, 6) is 4.01. The van der Waals surface area contributed by atoms with E-state index >= 15 is 0 Å². The van der Waals surface area contributed by atoms with E-state index in [-0.39, 0.29) is 5.95 Å². The summed E-state index contributed by atoms with van der Waals surface area (Å²) in [6, 6.07) is 0. The minimum atomic E-state index is -0.581. The molecule has 0 aromatic carbocycles. The number of hydrogen-bond donors (Lipinski definition) is 1. The first kappa shape index (κ1) is 8.77. The van der Waals surface area contributed by atoms with Gasteiger partial charge < -0.3 is 14.3 Å². The Labute approximate surface area is 58.3 Å². The van der Waals surface area contributed by atoms with Gasteiger partial charge in [0.2, 0.25) is 0 Å². The summed E-state index contributed by atoms with van der Waals surface area (Å²) < 4.78 is 8.74. The first-order valence-corrected chi connectivity index (χ1v) is 2.45. The molecule has 0 fully saturated rings. The summed E-state index contributed by atoms with van der Waals surface area (Å²) in [6.45, 7) is 0. The number of carbonyl (C=O) groups excluding carboxylic acids is 1. The second-order valence-corrected chi connectivity index (χ2v) is 1.31. The highest BCUT2D eigenvalue weighted by Crippen LogP contribution is 1.93. The largest absolute Gasteiger partial charge is 0.467 e. The third kappa shape index (κ3) is 2.93. The van der Waals surface area contributed by atoms with Gasteiger partial charge in [0.05, 0.1) is 14.2 Å². The number of hydrogen-bond acceptors (Lipinski definition) is 5. The van der Waals surface area contributed by atoms with Gasteiger partial charge in [0.25, 0.3) is 0 Å². The van der Waals surface area contributed by atoms with E-state index in [1.807, 2.05) is 0 Å². The summed E-state index contributed by atoms with van der Waals surface area (Å²) in [4.78, 5) is 14.5. The van der Waals surface area contributed by atoms with Gasteiger partial charge in [0.1, 0.15) is 6.08 Å². The molecule has 5 nitrogen and oxygen atoms in total. The van der Waals surface area contributed by atoms with Crippen LogP contribution in [-0.4, -0.2) is 20.2 Å². The number of methoxy groups -OCH3 is 2. The average Bonchev–Trinajstić information content (AvgIpc) is 1.99. The third-order valence-corrected chi connectivity index (χ3v) is 0.754. The molecule has 0 saturated carbocycles. The van der Waals surface area contributed by atoms with E-state index in [4.69, 9.17) is 0 Å². The Morgan fingerprint density at radius 2 is 2.00 bits per heavy atom. The summed E-state index contributed by atoms with van der Waals surface area (Å²) >= 11 is 0. The lowest BCUT2D eigenvalue weighted by Crippen LogP contribution is -2.05. The topological polar surface area (TPSA) is 70.8 Å². The van der Waals surface area contributed by atoms with E-state index in [0.29, 0.717) is 0 Å². The van der Waals surface area contributed by atoms with Crippen LogP contribution in [0.4, 0.5) is 0 Å². The maximum Gasteiger partial charge on any atom is 0.337 e. The van der Waals surface area contributed by atoms with Crippen LogP contribution >= 0.6 is 0 Å². The lowest BCUT2D eigenvalue weighted by Gasteiger charge is -2.00. The highest BCUT2D eigenvalue weighted by Gasteiger charge is 1.99. The van der Waals surface area contributed by atoms with Crippen molar-refractivity contribution < 1.29 is 19.1 Å². The Bertz CT molecular complexity index is 137. The Morgan fingerprint density at radius 1 is 1.40 bits per heavy atom. The predicted octanol–water partition coefficient (Wildman–Crippen LogP) is -0.463. The number of carbonyl (C=O) groups is 1. The molecular formula is C5H9NO4. The normalized spacial score (nSPS) is 10.5. The van der Waals surface area contributed by atoms with Gasteiger partial charge in [-0.05, 0) is 0 Å². The van der Waals surface area contributed by atoms with Gasteiger partial charge in [-0.15, -0.1) is 0 Å². The molecule has 0 unspecified atom stereocenters. The molecule has 0 aromatic heterocycles. The Hall–Kier alpha value is -1.23. The maximum atomic E-state index is 10.4. The van der Waals surface area contributed by atoms with Crippen LogP contribution in [0.1, 0.15) is 0 Å². The minimum absolute atomic E-state index is 0.0909. The first-order valence-electron chi connectivity index (χ1n) is 2.45. The first-order chi connectivity index (χ1) is 4.74. The molecule has 0 atom stereocenters. The lowest BCUT2D eigenvalue weighted by molar-refractivity contribution is -0.135. The van der Waals surface area contributed by atoms with E-state index in [1.165, 1.54) is 14.2 Å². The molecule has 0 aliphatic rings. The van der Waals surface area contributed by atoms with Crippen LogP contribution in [0.15, 0.2) is 12.0 Å². The lowest BCUT2D eigenvalue weighted by atomic mass is 10.6. The molecule has 0 amide bonds. The summed E-state index contributed by atoms with van der Waals surface area (Å²) in [7, 11) is 2.56. The van der Waals surface area contributed by atoms with E-state index in [1.54, 1.807) is 0 Å². The van der Waals surface area contributed by atoms with E-state index in [2.05, 4.69) is 20.2 Å². The van der Waals surface area contributed by atoms with Crippen LogP contribution in [0.3, 0.4) is 0 Å². The van der Waals surface area contributed by atoms with Crippen molar-refractivity contribution in [1.29, 1.82) is 0 Å². The summed E-state index contributed by atoms with van der Waals surface area (Å²) in [6.07, 6.45) is 0.986. The Kier molecular flexibility index (Phi) is 4.06. The zero-order chi connectivity index (χ0) is 7.98. The molecule has 0 aliphatic heterocycles. The van der Waals surface area contributed by atoms with Crippen molar-refractivity contribution in [3.05, 3.63) is 12.0 Å². The molecule has 0 heterocycles. The smallest absolute Gasteiger partial charge is 0.337 e. The molecule has 0 rings (SSSR count). The van der Waals surface area contributed by atoms with Gasteiger partial charge in [-0.1, -0.05) is 0 Å². The maximum absolute atomic E-state index is 10.4. The predicted molar refractivity (Wildman–Crippen MR) is 32.4 cm³/mol. The number of ether oxygens (including phenoxy) is 2. The van der Waals surface area contributed by atoms with Crippen molar-refractivity contribution in [2.45, 2.75) is 0 Å². The van der Waals surface area contributed by atoms with Gasteiger partial charge in [0.15, 0.2) is 0 Å². The van der Waals surface area contributed by atoms with Gasteiger partial charge >= 0.3 is 11.9 Å². The van der Waals surface area contributed by atoms with Crippen molar-refractivity contribution in [2.75, 3.05) is 14.2 Å². The van der Waals surface area contributed by atoms with Crippen LogP contribution in [0.2, 0.25) is 0 Å². The molecule has 58 valence electrons. The molecule has 2 N–H and O–H groups in total. The fourth-order valence-corrected chi connectivity index (χ4v) is 0.296. The molecule has 0 bridgehead atoms. The highest BCUT2D eigenvalue weighted by molar-refractivity contribution is 5.81. The van der Waals surface area contributed by atoms with E-state index in [9.17, 15) is 4.79 Å². The summed E-state index contributed by atoms with van der Waals surface area (Å²) in [5.41, 5.74) is 0. The fourth-order valence-electron chi connectivity index (χ4n) is 0.296. The Balaban J connectivity index is 3.96. The monoisotopic (exact) mass is 147 g/mol. The second-order valence-electron chi connectivity index (χ2n) is 1.31. The van der Waals surface area contributed by atoms with Crippen LogP contribution in [0.5, 0.6) is 0 Å². The number of esters is 1. The zero-order valence-corrected chi connectivity index (χ0v) is 5.79. The van der Waals surface area contributed by atoms with Crippen molar-refractivity contribution in [3.8, 4) is 0 Å². The van der Waals surface area contributed by atoms with Crippen LogP contribution < -0.4 is 5.90 Å². The van der Waals surface area contributed by atoms with Gasteiger partial charge in [-0.2, -0.15) is 5.90 Å². The molecular weight excluding hydrogens is 138 g/mol. The van der Waals surface area contributed by atoms with E-state index in [0.717, 1.165) is 6.08 Å². The van der Waals surface area contributed by atoms with Crippen LogP contribution in [0.25, 0.3) is 0 Å². The molecule has 10 heavy (non-hydrogen) atoms. The van der Waals surface area contributed by atoms with E-state index < -0.39 is 5.97 Å². The van der Waals surface area contributed by atoms with Gasteiger partial charge in [-0.25, -0.2) is 4.79 Å². The van der Waals surface area contributed by atoms with Crippen molar-refractivity contribution in [3.63, 3.8) is 0 Å². The molecule has 0 spiro atoms. The van der Waals surface area contributed by atoms with Crippen molar-refractivity contribution in [2.24, 2.45) is 5.90 Å². The minimum Gasteiger partial charge on any atom is -0.467 e. The standard InChI is InChI=1S/C5H9NO4/c1-8-4(7)3-5(9-2)10-6/h3H,6H2,1-2H3. The zero-order valence-electron chi connectivity index (χ0n) is 5.79. The third-order valence-electron chi connectivity index (χ3n) is 0.754. The van der Waals surface area contributed by atoms with Crippen LogP contribution in [-0.2, 0) is 19.1 Å². The van der Waals surface area contributed by atoms with Crippen molar-refractivity contribution >= 4 is 5.97 Å². The second kappa shape index (κ2) is 4.63. The van der Waals surface area contributed by atoms with Crippen LogP contribution in [0, 0.1) is 0 Å². The number of nitrogens with two attached hydrogens (primary N) is 1. The van der Waals surface area contributed by atoms with Crippen molar-refractivity contribution in [1.82, 2.24) is 0 Å². The quantitative estimate of drug-likeness (QED) is 0.253. The molecule has 0 saturated heterocycles. The SMILES string of the molecule is COC(=O)C=C(OC)ON. The average molecular weight is 147 g/mol. The van der Waals surface area contributed by atoms with Gasteiger partial charge in [0, 0.05) is 0 Å². The van der Waals surface area contributed by atoms with Gasteiger partial charge in [-0.3, -0.25) is 0 Å². The molecule has 5 heteroatoms. The Morgan fingerprint density at radius 3 is 2.30 bits per heavy atom. The fraction of sp³-hybridized carbons (Fsp3) is 0.400. The molecule has 0 aromatic rings. The molecule has 0 aliphatic carbocycles. The highest BCUT2D eigenvalue weighted by atomic mass is 16.7. The summed E-state index contributed by atoms with van der Waals surface area (Å²) in [5, 5.41) is 0. The number of rotatable bonds is 3. The molecule has 0 radical (unpaired) electrons.